The highest BCUT2D eigenvalue weighted by molar-refractivity contribution is 5.56. The van der Waals surface area contributed by atoms with Gasteiger partial charge in [0, 0.05) is 11.9 Å². The molecule has 0 fully saturated rings. The van der Waals surface area contributed by atoms with Crippen LogP contribution in [0.4, 0.5) is 5.69 Å². The lowest BCUT2D eigenvalue weighted by molar-refractivity contribution is 0.684. The van der Waals surface area contributed by atoms with Gasteiger partial charge in [-0.15, -0.1) is 0 Å². The number of nitrogens with one attached hydrogen (secondary N) is 2. The molecule has 1 aliphatic carbocycles. The van der Waals surface area contributed by atoms with Crippen LogP contribution in [0.3, 0.4) is 0 Å². The summed E-state index contributed by atoms with van der Waals surface area (Å²) in [6, 6.07) is 8.90. The number of anilines is 1. The molecule has 0 radical (unpaired) electrons. The summed E-state index contributed by atoms with van der Waals surface area (Å²) in [4.78, 5) is 0. The van der Waals surface area contributed by atoms with Gasteiger partial charge in [-0.1, -0.05) is 12.1 Å². The Bertz CT molecular complexity index is 517. The fraction of sp³-hybridized carbons (Fsp3) is 0.400. The van der Waals surface area contributed by atoms with Crippen LogP contribution >= 0.6 is 0 Å². The second kappa shape index (κ2) is 4.84. The van der Waals surface area contributed by atoms with Gasteiger partial charge in [0.25, 0.3) is 0 Å². The zero-order valence-electron chi connectivity index (χ0n) is 10.7. The SMILES string of the molecule is CC(Nc1cccc2c1CCCC2)c1ccn[nH]1. The van der Waals surface area contributed by atoms with Gasteiger partial charge in [-0.2, -0.15) is 5.10 Å². The first kappa shape index (κ1) is 11.3. The number of nitrogens with zero attached hydrogens (tertiary/aromatic N) is 1. The molecule has 18 heavy (non-hydrogen) atoms. The largest absolute Gasteiger partial charge is 0.377 e. The molecular formula is C15H19N3. The minimum Gasteiger partial charge on any atom is -0.377 e. The lowest BCUT2D eigenvalue weighted by Crippen LogP contribution is -2.12. The van der Waals surface area contributed by atoms with Crippen LogP contribution in [0.15, 0.2) is 30.5 Å². The maximum Gasteiger partial charge on any atom is 0.0651 e. The van der Waals surface area contributed by atoms with Gasteiger partial charge in [0.2, 0.25) is 0 Å². The van der Waals surface area contributed by atoms with Gasteiger partial charge in [0.1, 0.15) is 0 Å². The Morgan fingerprint density at radius 1 is 1.22 bits per heavy atom. The van der Waals surface area contributed by atoms with Crippen molar-refractivity contribution in [2.45, 2.75) is 38.6 Å². The number of aromatic nitrogens is 2. The van der Waals surface area contributed by atoms with Crippen LogP contribution in [0.1, 0.15) is 42.6 Å². The van der Waals surface area contributed by atoms with Crippen molar-refractivity contribution < 1.29 is 0 Å². The maximum atomic E-state index is 4.01. The van der Waals surface area contributed by atoms with E-state index in [1.54, 1.807) is 6.20 Å². The molecule has 3 nitrogen and oxygen atoms in total. The molecule has 1 aliphatic rings. The smallest absolute Gasteiger partial charge is 0.0651 e. The van der Waals surface area contributed by atoms with Crippen molar-refractivity contribution in [3.05, 3.63) is 47.3 Å². The third kappa shape index (κ3) is 2.13. The zero-order chi connectivity index (χ0) is 12.4. The highest BCUT2D eigenvalue weighted by Gasteiger charge is 2.14. The minimum absolute atomic E-state index is 0.265. The zero-order valence-corrected chi connectivity index (χ0v) is 10.7. The van der Waals surface area contributed by atoms with E-state index in [4.69, 9.17) is 0 Å². The predicted octanol–water partition coefficient (Wildman–Crippen LogP) is 3.46. The lowest BCUT2D eigenvalue weighted by atomic mass is 9.90. The van der Waals surface area contributed by atoms with Crippen molar-refractivity contribution in [3.8, 4) is 0 Å². The van der Waals surface area contributed by atoms with E-state index in [1.165, 1.54) is 42.5 Å². The van der Waals surface area contributed by atoms with Crippen LogP contribution in [0.5, 0.6) is 0 Å². The van der Waals surface area contributed by atoms with Crippen LogP contribution in [-0.2, 0) is 12.8 Å². The van der Waals surface area contributed by atoms with Gasteiger partial charge in [0.05, 0.1) is 11.7 Å². The molecule has 0 bridgehead atoms. The topological polar surface area (TPSA) is 40.7 Å². The molecule has 0 aliphatic heterocycles. The van der Waals surface area contributed by atoms with Gasteiger partial charge in [-0.3, -0.25) is 5.10 Å². The van der Waals surface area contributed by atoms with Crippen molar-refractivity contribution >= 4 is 5.69 Å². The van der Waals surface area contributed by atoms with E-state index in [9.17, 15) is 0 Å². The molecule has 0 spiro atoms. The average molecular weight is 241 g/mol. The first-order valence-corrected chi connectivity index (χ1v) is 6.71. The van der Waals surface area contributed by atoms with Gasteiger partial charge < -0.3 is 5.32 Å². The van der Waals surface area contributed by atoms with Crippen molar-refractivity contribution in [2.24, 2.45) is 0 Å². The molecule has 3 rings (SSSR count). The second-order valence-corrected chi connectivity index (χ2v) is 5.03. The monoisotopic (exact) mass is 241 g/mol. The normalized spacial score (nSPS) is 16.1. The van der Waals surface area contributed by atoms with E-state index in [2.05, 4.69) is 40.6 Å². The molecule has 1 heterocycles. The Balaban J connectivity index is 1.84. The van der Waals surface area contributed by atoms with Crippen LogP contribution < -0.4 is 5.32 Å². The highest BCUT2D eigenvalue weighted by atomic mass is 15.1. The first-order chi connectivity index (χ1) is 8.84. The molecule has 0 saturated carbocycles. The van der Waals surface area contributed by atoms with Gasteiger partial charge >= 0.3 is 0 Å². The van der Waals surface area contributed by atoms with E-state index in [1.807, 2.05) is 6.07 Å². The number of hydrogen-bond acceptors (Lipinski definition) is 2. The van der Waals surface area contributed by atoms with Crippen molar-refractivity contribution in [2.75, 3.05) is 5.32 Å². The van der Waals surface area contributed by atoms with E-state index < -0.39 is 0 Å². The molecular weight excluding hydrogens is 222 g/mol. The van der Waals surface area contributed by atoms with Crippen molar-refractivity contribution in [1.82, 2.24) is 10.2 Å². The quantitative estimate of drug-likeness (QED) is 0.864. The summed E-state index contributed by atoms with van der Waals surface area (Å²) in [7, 11) is 0. The molecule has 0 amide bonds. The number of fused-ring (bicyclic) bond motifs is 1. The molecule has 1 aromatic carbocycles. The number of aromatic amines is 1. The summed E-state index contributed by atoms with van der Waals surface area (Å²) in [6.07, 6.45) is 6.86. The fourth-order valence-electron chi connectivity index (χ4n) is 2.74. The van der Waals surface area contributed by atoms with E-state index in [0.29, 0.717) is 0 Å². The van der Waals surface area contributed by atoms with Crippen LogP contribution in [-0.4, -0.2) is 10.2 Å². The van der Waals surface area contributed by atoms with Crippen molar-refractivity contribution in [1.29, 1.82) is 0 Å². The van der Waals surface area contributed by atoms with Gasteiger partial charge in [-0.05, 0) is 55.9 Å². The molecule has 2 N–H and O–H groups in total. The van der Waals surface area contributed by atoms with Gasteiger partial charge in [0.15, 0.2) is 0 Å². The molecule has 0 saturated heterocycles. The Kier molecular flexibility index (Phi) is 3.05. The first-order valence-electron chi connectivity index (χ1n) is 6.71. The Morgan fingerprint density at radius 2 is 2.11 bits per heavy atom. The van der Waals surface area contributed by atoms with Crippen LogP contribution in [0.2, 0.25) is 0 Å². The van der Waals surface area contributed by atoms with Crippen LogP contribution in [0.25, 0.3) is 0 Å². The number of aryl methyl sites for hydroxylation is 1. The van der Waals surface area contributed by atoms with E-state index in [-0.39, 0.29) is 6.04 Å². The Labute approximate surface area is 108 Å². The van der Waals surface area contributed by atoms with Gasteiger partial charge in [-0.25, -0.2) is 0 Å². The lowest BCUT2D eigenvalue weighted by Gasteiger charge is -2.22. The Morgan fingerprint density at radius 3 is 2.94 bits per heavy atom. The predicted molar refractivity (Wildman–Crippen MR) is 73.7 cm³/mol. The summed E-state index contributed by atoms with van der Waals surface area (Å²) >= 11 is 0. The average Bonchev–Trinajstić information content (AvgIpc) is 2.93. The molecule has 94 valence electrons. The van der Waals surface area contributed by atoms with Crippen LogP contribution in [0, 0.1) is 0 Å². The third-order valence-electron chi connectivity index (χ3n) is 3.76. The minimum atomic E-state index is 0.265. The number of hydrogen-bond donors (Lipinski definition) is 2. The number of rotatable bonds is 3. The highest BCUT2D eigenvalue weighted by Crippen LogP contribution is 2.29. The summed E-state index contributed by atoms with van der Waals surface area (Å²) in [5.74, 6) is 0. The Hall–Kier alpha value is -1.77. The third-order valence-corrected chi connectivity index (χ3v) is 3.76. The summed E-state index contributed by atoms with van der Waals surface area (Å²) < 4.78 is 0. The van der Waals surface area contributed by atoms with E-state index in [0.717, 1.165) is 5.69 Å². The molecule has 2 aromatic rings. The second-order valence-electron chi connectivity index (χ2n) is 5.03. The maximum absolute atomic E-state index is 4.01. The summed E-state index contributed by atoms with van der Waals surface area (Å²) in [5.41, 5.74) is 5.44. The van der Waals surface area contributed by atoms with Crippen molar-refractivity contribution in [3.63, 3.8) is 0 Å². The van der Waals surface area contributed by atoms with E-state index >= 15 is 0 Å². The molecule has 1 aromatic heterocycles. The summed E-state index contributed by atoms with van der Waals surface area (Å²) in [5, 5.41) is 10.6. The number of H-pyrrole nitrogens is 1. The standard InChI is InChI=1S/C15H19N3/c1-11(14-9-10-16-18-14)17-15-8-4-6-12-5-2-3-7-13(12)15/h4,6,8-11,17H,2-3,5,7H2,1H3,(H,16,18). The molecule has 1 atom stereocenters. The summed E-state index contributed by atoms with van der Waals surface area (Å²) in [6.45, 7) is 2.16. The molecule has 3 heteroatoms. The molecule has 1 unspecified atom stereocenters. The number of benzene rings is 1. The fourth-order valence-corrected chi connectivity index (χ4v) is 2.74.